The number of nitrogens with one attached hydrogen (secondary N) is 1. The minimum absolute atomic E-state index is 0.169. The molecule has 0 saturated heterocycles. The normalized spacial score (nSPS) is 10.9. The lowest BCUT2D eigenvalue weighted by Crippen LogP contribution is -2.13. The molecule has 0 unspecified atom stereocenters. The van der Waals surface area contributed by atoms with Crippen LogP contribution in [0.3, 0.4) is 0 Å². The number of aromatic nitrogens is 4. The molecule has 7 nitrogen and oxygen atoms in total. The average molecular weight is 442 g/mol. The molecule has 0 aliphatic rings. The summed E-state index contributed by atoms with van der Waals surface area (Å²) in [6.45, 7) is 3.68. The molecule has 152 valence electrons. The van der Waals surface area contributed by atoms with Crippen molar-refractivity contribution in [3.05, 3.63) is 59.7 Å². The van der Waals surface area contributed by atoms with Gasteiger partial charge in [-0.05, 0) is 50.2 Å². The molecule has 4 aromatic rings. The van der Waals surface area contributed by atoms with E-state index in [4.69, 9.17) is 4.52 Å². The number of thiazole rings is 1. The van der Waals surface area contributed by atoms with Gasteiger partial charge in [-0.3, -0.25) is 10.1 Å². The van der Waals surface area contributed by atoms with Gasteiger partial charge < -0.3 is 4.52 Å². The molecule has 0 fully saturated rings. The third-order valence-electron chi connectivity index (χ3n) is 4.00. The van der Waals surface area contributed by atoms with Crippen LogP contribution < -0.4 is 5.32 Å². The average Bonchev–Trinajstić information content (AvgIpc) is 3.32. The second kappa shape index (κ2) is 8.72. The summed E-state index contributed by atoms with van der Waals surface area (Å²) < 4.78 is 18.1. The Labute approximate surface area is 179 Å². The Balaban J connectivity index is 1.41. The minimum Gasteiger partial charge on any atom is -0.338 e. The van der Waals surface area contributed by atoms with Gasteiger partial charge in [0.1, 0.15) is 21.5 Å². The van der Waals surface area contributed by atoms with Gasteiger partial charge in [0.2, 0.25) is 11.8 Å². The molecule has 1 amide bonds. The second-order valence-electron chi connectivity index (χ2n) is 6.37. The minimum atomic E-state index is -0.282. The molecule has 0 aliphatic carbocycles. The van der Waals surface area contributed by atoms with Crippen LogP contribution in [0.4, 0.5) is 10.3 Å². The summed E-state index contributed by atoms with van der Waals surface area (Å²) in [4.78, 5) is 17.5. The van der Waals surface area contributed by atoms with Crippen LogP contribution in [0.15, 0.2) is 52.0 Å². The first kappa shape index (κ1) is 20.2. The van der Waals surface area contributed by atoms with Gasteiger partial charge in [0.05, 0.1) is 22.0 Å². The molecule has 0 radical (unpaired) electrons. The predicted octanol–water partition coefficient (Wildman–Crippen LogP) is 4.74. The number of hydrogen-bond donors (Lipinski definition) is 1. The van der Waals surface area contributed by atoms with E-state index in [0.717, 1.165) is 21.1 Å². The maximum atomic E-state index is 13.1. The number of carbonyl (C=O) groups excluding carboxylic acids is 1. The number of rotatable bonds is 6. The van der Waals surface area contributed by atoms with E-state index in [1.54, 1.807) is 25.1 Å². The van der Waals surface area contributed by atoms with Crippen LogP contribution >= 0.6 is 23.1 Å². The van der Waals surface area contributed by atoms with Crippen molar-refractivity contribution in [2.75, 3.05) is 11.1 Å². The van der Waals surface area contributed by atoms with Crippen LogP contribution in [0.2, 0.25) is 0 Å². The molecule has 30 heavy (non-hydrogen) atoms. The van der Waals surface area contributed by atoms with Crippen molar-refractivity contribution >= 4 is 34.9 Å². The number of benzene rings is 1. The first-order valence-corrected chi connectivity index (χ1v) is 10.7. The van der Waals surface area contributed by atoms with E-state index in [1.165, 1.54) is 35.2 Å². The second-order valence-corrected chi connectivity index (χ2v) is 8.36. The number of thioether (sulfide) groups is 1. The van der Waals surface area contributed by atoms with Crippen LogP contribution in [0, 0.1) is 19.7 Å². The smallest absolute Gasteiger partial charge is 0.237 e. The molecule has 3 heterocycles. The Morgan fingerprint density at radius 2 is 1.97 bits per heavy atom. The summed E-state index contributed by atoms with van der Waals surface area (Å²) in [5.74, 6) is -0.0144. The standard InChI is InChI=1S/C20H16FN5O2S2/c1-11-9-17(28-26-11)23-16(27)10-29-18-8-7-15(24-25-18)19-12(2)22-20(30-19)13-3-5-14(21)6-4-13/h3-9H,10H2,1-2H3,(H,23,27). The van der Waals surface area contributed by atoms with Crippen LogP contribution in [-0.2, 0) is 4.79 Å². The molecule has 1 aromatic carbocycles. The molecule has 0 saturated carbocycles. The molecule has 0 atom stereocenters. The highest BCUT2D eigenvalue weighted by atomic mass is 32.2. The monoisotopic (exact) mass is 441 g/mol. The highest BCUT2D eigenvalue weighted by Crippen LogP contribution is 2.34. The molecule has 1 N–H and O–H groups in total. The zero-order valence-corrected chi connectivity index (χ0v) is 17.7. The highest BCUT2D eigenvalue weighted by molar-refractivity contribution is 7.99. The van der Waals surface area contributed by atoms with Crippen LogP contribution in [0.5, 0.6) is 0 Å². The van der Waals surface area contributed by atoms with Gasteiger partial charge >= 0.3 is 0 Å². The molecule has 0 aliphatic heterocycles. The van der Waals surface area contributed by atoms with Gasteiger partial charge in [-0.15, -0.1) is 21.5 Å². The fourth-order valence-electron chi connectivity index (χ4n) is 2.60. The van der Waals surface area contributed by atoms with E-state index in [2.05, 4.69) is 25.7 Å². The molecule has 10 heteroatoms. The molecular formula is C20H16FN5O2S2. The maximum absolute atomic E-state index is 13.1. The van der Waals surface area contributed by atoms with Crippen molar-refractivity contribution in [3.8, 4) is 21.1 Å². The summed E-state index contributed by atoms with van der Waals surface area (Å²) in [5, 5.41) is 16.2. The molecule has 0 bridgehead atoms. The van der Waals surface area contributed by atoms with Gasteiger partial charge in [0.25, 0.3) is 0 Å². The van der Waals surface area contributed by atoms with Crippen molar-refractivity contribution in [1.29, 1.82) is 0 Å². The fourth-order valence-corrected chi connectivity index (χ4v) is 4.25. The number of anilines is 1. The third-order valence-corrected chi connectivity index (χ3v) is 6.15. The van der Waals surface area contributed by atoms with Crippen molar-refractivity contribution < 1.29 is 13.7 Å². The summed E-state index contributed by atoms with van der Waals surface area (Å²) >= 11 is 2.75. The number of hydrogen-bond acceptors (Lipinski definition) is 8. The van der Waals surface area contributed by atoms with Crippen molar-refractivity contribution in [3.63, 3.8) is 0 Å². The lowest BCUT2D eigenvalue weighted by molar-refractivity contribution is -0.113. The fraction of sp³-hybridized carbons (Fsp3) is 0.150. The quantitative estimate of drug-likeness (QED) is 0.432. The van der Waals surface area contributed by atoms with Crippen molar-refractivity contribution in [1.82, 2.24) is 20.3 Å². The number of halogens is 1. The highest BCUT2D eigenvalue weighted by Gasteiger charge is 2.14. The van der Waals surface area contributed by atoms with Gasteiger partial charge in [0.15, 0.2) is 0 Å². The summed E-state index contributed by atoms with van der Waals surface area (Å²) in [6.07, 6.45) is 0. The summed E-state index contributed by atoms with van der Waals surface area (Å²) in [5.41, 5.74) is 3.07. The number of nitrogens with zero attached hydrogens (tertiary/aromatic N) is 4. The van der Waals surface area contributed by atoms with Crippen molar-refractivity contribution in [2.45, 2.75) is 18.9 Å². The first-order valence-electron chi connectivity index (χ1n) is 8.91. The zero-order chi connectivity index (χ0) is 21.1. The molecule has 4 rings (SSSR count). The van der Waals surface area contributed by atoms with E-state index in [9.17, 15) is 9.18 Å². The largest absolute Gasteiger partial charge is 0.338 e. The van der Waals surface area contributed by atoms with E-state index < -0.39 is 0 Å². The molecular weight excluding hydrogens is 425 g/mol. The van der Waals surface area contributed by atoms with Crippen molar-refractivity contribution in [2.24, 2.45) is 0 Å². The van der Waals surface area contributed by atoms with Gasteiger partial charge in [0, 0.05) is 11.6 Å². The lowest BCUT2D eigenvalue weighted by Gasteiger charge is -2.02. The van der Waals surface area contributed by atoms with E-state index in [1.807, 2.05) is 19.1 Å². The number of amides is 1. The number of aryl methyl sites for hydroxylation is 2. The predicted molar refractivity (Wildman–Crippen MR) is 114 cm³/mol. The Morgan fingerprint density at radius 3 is 2.63 bits per heavy atom. The SMILES string of the molecule is Cc1cc(NC(=O)CSc2ccc(-c3sc(-c4ccc(F)cc4)nc3C)nn2)on1. The van der Waals surface area contributed by atoms with Crippen LogP contribution in [0.1, 0.15) is 11.4 Å². The Hall–Kier alpha value is -3.11. The van der Waals surface area contributed by atoms with Gasteiger partial charge in [-0.2, -0.15) is 0 Å². The maximum Gasteiger partial charge on any atom is 0.237 e. The summed E-state index contributed by atoms with van der Waals surface area (Å²) in [6, 6.07) is 11.5. The Kier molecular flexibility index (Phi) is 5.86. The van der Waals surface area contributed by atoms with E-state index in [-0.39, 0.29) is 17.5 Å². The van der Waals surface area contributed by atoms with Gasteiger partial charge in [-0.25, -0.2) is 9.37 Å². The van der Waals surface area contributed by atoms with Crippen LogP contribution in [0.25, 0.3) is 21.1 Å². The molecule has 3 aromatic heterocycles. The Morgan fingerprint density at radius 1 is 1.17 bits per heavy atom. The van der Waals surface area contributed by atoms with Crippen LogP contribution in [-0.4, -0.2) is 32.0 Å². The number of carbonyl (C=O) groups is 1. The lowest BCUT2D eigenvalue weighted by atomic mass is 10.2. The van der Waals surface area contributed by atoms with Gasteiger partial charge in [-0.1, -0.05) is 16.9 Å². The van der Waals surface area contributed by atoms with E-state index in [0.29, 0.717) is 22.3 Å². The third kappa shape index (κ3) is 4.71. The first-order chi connectivity index (χ1) is 14.5. The summed E-state index contributed by atoms with van der Waals surface area (Å²) in [7, 11) is 0. The zero-order valence-electron chi connectivity index (χ0n) is 16.0. The van der Waals surface area contributed by atoms with E-state index >= 15 is 0 Å². The Bertz CT molecular complexity index is 1170. The topological polar surface area (TPSA) is 93.8 Å². The molecule has 0 spiro atoms.